The molecule has 1 atom stereocenters. The number of nitrogens with one attached hydrogen (secondary N) is 1. The Hall–Kier alpha value is -2.81. The standard InChI is InChI=1S/C23H26FN3O3S/c1-26(2)22(19-9-6-10-20(24)13-19)15-25-23(28)16-27(3)31(29,30)21-12-11-17-7-4-5-8-18(17)14-21/h4-14,22H,15-16H2,1-3H3,(H,25,28)/t22-/m0/s1. The minimum absolute atomic E-state index is 0.132. The van der Waals surface area contributed by atoms with Crippen LogP contribution in [-0.4, -0.2) is 57.8 Å². The third-order valence-corrected chi connectivity index (χ3v) is 6.94. The second-order valence-corrected chi connectivity index (χ2v) is 9.65. The number of amides is 1. The Balaban J connectivity index is 1.67. The van der Waals surface area contributed by atoms with Gasteiger partial charge in [0.1, 0.15) is 5.82 Å². The predicted molar refractivity (Wildman–Crippen MR) is 120 cm³/mol. The van der Waals surface area contributed by atoms with Crippen molar-refractivity contribution in [3.63, 3.8) is 0 Å². The molecule has 0 aliphatic carbocycles. The first-order valence-corrected chi connectivity index (χ1v) is 11.3. The summed E-state index contributed by atoms with van der Waals surface area (Å²) in [7, 11) is 1.21. The SMILES string of the molecule is CN(C)[C@@H](CNC(=O)CN(C)S(=O)(=O)c1ccc2ccccc2c1)c1cccc(F)c1. The zero-order valence-corrected chi connectivity index (χ0v) is 18.6. The predicted octanol–water partition coefficient (Wildman–Crippen LogP) is 3.02. The molecule has 3 aromatic rings. The molecule has 0 aromatic heterocycles. The normalized spacial score (nSPS) is 13.0. The molecular weight excluding hydrogens is 417 g/mol. The number of fused-ring (bicyclic) bond motifs is 1. The smallest absolute Gasteiger partial charge is 0.243 e. The molecule has 8 heteroatoms. The highest BCUT2D eigenvalue weighted by Crippen LogP contribution is 2.21. The van der Waals surface area contributed by atoms with Gasteiger partial charge in [-0.05, 0) is 54.7 Å². The summed E-state index contributed by atoms with van der Waals surface area (Å²) in [6.45, 7) is -0.0996. The van der Waals surface area contributed by atoms with Crippen molar-refractivity contribution in [2.24, 2.45) is 0 Å². The lowest BCUT2D eigenvalue weighted by Gasteiger charge is -2.25. The zero-order valence-electron chi connectivity index (χ0n) is 17.7. The van der Waals surface area contributed by atoms with Crippen LogP contribution in [0.4, 0.5) is 4.39 Å². The van der Waals surface area contributed by atoms with E-state index in [0.717, 1.165) is 20.6 Å². The lowest BCUT2D eigenvalue weighted by molar-refractivity contribution is -0.121. The fourth-order valence-corrected chi connectivity index (χ4v) is 4.54. The van der Waals surface area contributed by atoms with Gasteiger partial charge in [-0.2, -0.15) is 4.31 Å². The van der Waals surface area contributed by atoms with Gasteiger partial charge < -0.3 is 10.2 Å². The molecule has 0 bridgehead atoms. The van der Waals surface area contributed by atoms with E-state index in [4.69, 9.17) is 0 Å². The molecule has 0 fully saturated rings. The first-order valence-electron chi connectivity index (χ1n) is 9.82. The first kappa shape index (κ1) is 22.9. The highest BCUT2D eigenvalue weighted by molar-refractivity contribution is 7.89. The summed E-state index contributed by atoms with van der Waals surface area (Å²) in [6, 6.07) is 18.3. The lowest BCUT2D eigenvalue weighted by Crippen LogP contribution is -2.41. The van der Waals surface area contributed by atoms with E-state index >= 15 is 0 Å². The highest BCUT2D eigenvalue weighted by Gasteiger charge is 2.24. The van der Waals surface area contributed by atoms with Crippen molar-refractivity contribution in [3.05, 3.63) is 78.1 Å². The number of hydrogen-bond acceptors (Lipinski definition) is 4. The third kappa shape index (κ3) is 5.46. The van der Waals surface area contributed by atoms with E-state index in [1.165, 1.54) is 25.2 Å². The average molecular weight is 444 g/mol. The van der Waals surface area contributed by atoms with Crippen molar-refractivity contribution in [2.75, 3.05) is 34.2 Å². The number of sulfonamides is 1. The monoisotopic (exact) mass is 443 g/mol. The second-order valence-electron chi connectivity index (χ2n) is 7.61. The Morgan fingerprint density at radius 3 is 2.35 bits per heavy atom. The van der Waals surface area contributed by atoms with E-state index in [1.54, 1.807) is 24.3 Å². The summed E-state index contributed by atoms with van der Waals surface area (Å²) in [6.07, 6.45) is 0. The fourth-order valence-electron chi connectivity index (χ4n) is 3.37. The molecule has 0 aliphatic heterocycles. The molecule has 31 heavy (non-hydrogen) atoms. The van der Waals surface area contributed by atoms with Gasteiger partial charge in [0.15, 0.2) is 0 Å². The second kappa shape index (κ2) is 9.55. The van der Waals surface area contributed by atoms with Gasteiger partial charge in [0.05, 0.1) is 17.5 Å². The zero-order chi connectivity index (χ0) is 22.6. The van der Waals surface area contributed by atoms with Crippen LogP contribution in [-0.2, 0) is 14.8 Å². The number of halogens is 1. The summed E-state index contributed by atoms with van der Waals surface area (Å²) in [4.78, 5) is 14.5. The van der Waals surface area contributed by atoms with Crippen LogP contribution in [0.5, 0.6) is 0 Å². The van der Waals surface area contributed by atoms with Crippen molar-refractivity contribution >= 4 is 26.7 Å². The molecule has 0 aliphatic rings. The molecule has 6 nitrogen and oxygen atoms in total. The minimum Gasteiger partial charge on any atom is -0.353 e. The summed E-state index contributed by atoms with van der Waals surface area (Å²) in [5.74, 6) is -0.785. The molecule has 0 heterocycles. The Morgan fingerprint density at radius 1 is 0.968 bits per heavy atom. The average Bonchev–Trinajstić information content (AvgIpc) is 2.73. The first-order chi connectivity index (χ1) is 14.7. The Kier molecular flexibility index (Phi) is 7.04. The molecule has 0 saturated heterocycles. The fraction of sp³-hybridized carbons (Fsp3) is 0.261. The largest absolute Gasteiger partial charge is 0.353 e. The van der Waals surface area contributed by atoms with Crippen LogP contribution >= 0.6 is 0 Å². The summed E-state index contributed by atoms with van der Waals surface area (Å²) < 4.78 is 40.4. The van der Waals surface area contributed by atoms with Gasteiger partial charge >= 0.3 is 0 Å². The molecule has 3 aromatic carbocycles. The number of hydrogen-bond donors (Lipinski definition) is 1. The van der Waals surface area contributed by atoms with Gasteiger partial charge in [-0.25, -0.2) is 12.8 Å². The van der Waals surface area contributed by atoms with E-state index in [0.29, 0.717) is 0 Å². The number of likely N-dealkylation sites (N-methyl/N-ethyl adjacent to an activating group) is 2. The quantitative estimate of drug-likeness (QED) is 0.581. The van der Waals surface area contributed by atoms with Gasteiger partial charge in [-0.15, -0.1) is 0 Å². The van der Waals surface area contributed by atoms with Crippen molar-refractivity contribution in [3.8, 4) is 0 Å². The van der Waals surface area contributed by atoms with Crippen LogP contribution in [0.3, 0.4) is 0 Å². The number of benzene rings is 3. The van der Waals surface area contributed by atoms with Crippen LogP contribution in [0.25, 0.3) is 10.8 Å². The number of nitrogens with zero attached hydrogens (tertiary/aromatic N) is 2. The molecule has 0 saturated carbocycles. The van der Waals surface area contributed by atoms with E-state index in [1.807, 2.05) is 43.3 Å². The summed E-state index contributed by atoms with van der Waals surface area (Å²) in [5, 5.41) is 4.51. The van der Waals surface area contributed by atoms with Gasteiger partial charge in [0.2, 0.25) is 15.9 Å². The Morgan fingerprint density at radius 2 is 1.68 bits per heavy atom. The highest BCUT2D eigenvalue weighted by atomic mass is 32.2. The topological polar surface area (TPSA) is 69.7 Å². The maximum absolute atomic E-state index is 13.6. The molecule has 0 unspecified atom stereocenters. The molecule has 1 N–H and O–H groups in total. The Bertz CT molecular complexity index is 1180. The van der Waals surface area contributed by atoms with Crippen molar-refractivity contribution in [1.82, 2.24) is 14.5 Å². The maximum Gasteiger partial charge on any atom is 0.243 e. The maximum atomic E-state index is 13.6. The minimum atomic E-state index is -3.83. The Labute approximate surface area is 182 Å². The van der Waals surface area contributed by atoms with Gasteiger partial charge in [-0.3, -0.25) is 4.79 Å². The molecule has 0 radical (unpaired) electrons. The van der Waals surface area contributed by atoms with E-state index < -0.39 is 15.9 Å². The van der Waals surface area contributed by atoms with Crippen LogP contribution < -0.4 is 5.32 Å². The number of carbonyl (C=O) groups excluding carboxylic acids is 1. The van der Waals surface area contributed by atoms with E-state index in [2.05, 4.69) is 5.32 Å². The van der Waals surface area contributed by atoms with Crippen LogP contribution in [0.2, 0.25) is 0 Å². The summed E-state index contributed by atoms with van der Waals surface area (Å²) in [5.41, 5.74) is 0.724. The molecule has 3 rings (SSSR count). The molecule has 0 spiro atoms. The molecule has 1 amide bonds. The number of rotatable bonds is 8. The van der Waals surface area contributed by atoms with E-state index in [9.17, 15) is 17.6 Å². The molecule has 164 valence electrons. The van der Waals surface area contributed by atoms with Crippen molar-refractivity contribution in [1.29, 1.82) is 0 Å². The van der Waals surface area contributed by atoms with Gasteiger partial charge in [-0.1, -0.05) is 42.5 Å². The third-order valence-electron chi connectivity index (χ3n) is 5.14. The van der Waals surface area contributed by atoms with E-state index in [-0.39, 0.29) is 29.8 Å². The molecular formula is C23H26FN3O3S. The van der Waals surface area contributed by atoms with Crippen molar-refractivity contribution < 1.29 is 17.6 Å². The summed E-state index contributed by atoms with van der Waals surface area (Å²) >= 11 is 0. The van der Waals surface area contributed by atoms with Crippen LogP contribution in [0.1, 0.15) is 11.6 Å². The lowest BCUT2D eigenvalue weighted by atomic mass is 10.1. The van der Waals surface area contributed by atoms with Gasteiger partial charge in [0, 0.05) is 13.6 Å². The van der Waals surface area contributed by atoms with Crippen molar-refractivity contribution in [2.45, 2.75) is 10.9 Å². The van der Waals surface area contributed by atoms with Crippen LogP contribution in [0.15, 0.2) is 71.6 Å². The number of carbonyl (C=O) groups is 1. The van der Waals surface area contributed by atoms with Crippen LogP contribution in [0, 0.1) is 5.82 Å². The van der Waals surface area contributed by atoms with Gasteiger partial charge in [0.25, 0.3) is 0 Å².